The van der Waals surface area contributed by atoms with Gasteiger partial charge in [0.1, 0.15) is 12.4 Å². The van der Waals surface area contributed by atoms with Gasteiger partial charge in [0.2, 0.25) is 5.88 Å². The molecule has 2 rings (SSSR count). The van der Waals surface area contributed by atoms with E-state index in [0.29, 0.717) is 18.1 Å². The maximum atomic E-state index is 7.26. The highest BCUT2D eigenvalue weighted by atomic mass is 79.9. The lowest BCUT2D eigenvalue weighted by molar-refractivity contribution is 0.293. The minimum Gasteiger partial charge on any atom is -0.473 e. The molecule has 0 unspecified atom stereocenters. The van der Waals surface area contributed by atoms with E-state index in [4.69, 9.17) is 15.9 Å². The Labute approximate surface area is 113 Å². The van der Waals surface area contributed by atoms with Crippen molar-refractivity contribution in [2.24, 2.45) is 5.73 Å². The summed E-state index contributed by atoms with van der Waals surface area (Å²) in [6.45, 7) is 0.438. The van der Waals surface area contributed by atoms with Crippen molar-refractivity contribution in [2.45, 2.75) is 6.61 Å². The van der Waals surface area contributed by atoms with Gasteiger partial charge in [-0.25, -0.2) is 4.98 Å². The van der Waals surface area contributed by atoms with Crippen LogP contribution in [0, 0.1) is 5.41 Å². The number of hydrogen-bond acceptors (Lipinski definition) is 3. The summed E-state index contributed by atoms with van der Waals surface area (Å²) in [6, 6.07) is 11.3. The average Bonchev–Trinajstić information content (AvgIpc) is 2.38. The Bertz CT molecular complexity index is 554. The van der Waals surface area contributed by atoms with E-state index in [1.807, 2.05) is 24.3 Å². The van der Waals surface area contributed by atoms with E-state index in [1.54, 1.807) is 12.1 Å². The molecule has 0 aliphatic carbocycles. The van der Waals surface area contributed by atoms with Crippen molar-refractivity contribution in [1.29, 1.82) is 5.41 Å². The highest BCUT2D eigenvalue weighted by Crippen LogP contribution is 2.18. The van der Waals surface area contributed by atoms with Crippen LogP contribution in [0.1, 0.15) is 11.1 Å². The molecule has 0 aliphatic heterocycles. The Kier molecular flexibility index (Phi) is 3.94. The molecule has 18 heavy (non-hydrogen) atoms. The summed E-state index contributed by atoms with van der Waals surface area (Å²) in [5.41, 5.74) is 6.98. The van der Waals surface area contributed by atoms with Crippen LogP contribution in [0.2, 0.25) is 0 Å². The number of amidine groups is 1. The molecule has 2 aromatic rings. The second-order valence-corrected chi connectivity index (χ2v) is 4.53. The summed E-state index contributed by atoms with van der Waals surface area (Å²) in [5, 5.41) is 7.26. The summed E-state index contributed by atoms with van der Waals surface area (Å²) in [7, 11) is 0. The number of halogens is 1. The van der Waals surface area contributed by atoms with Crippen LogP contribution in [-0.2, 0) is 6.61 Å². The van der Waals surface area contributed by atoms with Crippen molar-refractivity contribution in [3.05, 3.63) is 58.2 Å². The van der Waals surface area contributed by atoms with Gasteiger partial charge in [0.25, 0.3) is 0 Å². The van der Waals surface area contributed by atoms with Crippen molar-refractivity contribution in [3.8, 4) is 5.88 Å². The molecule has 0 saturated carbocycles. The average molecular weight is 306 g/mol. The first-order valence-electron chi connectivity index (χ1n) is 5.33. The van der Waals surface area contributed by atoms with Crippen LogP contribution in [-0.4, -0.2) is 10.8 Å². The quantitative estimate of drug-likeness (QED) is 0.674. The van der Waals surface area contributed by atoms with Gasteiger partial charge in [0.05, 0.1) is 0 Å². The maximum absolute atomic E-state index is 7.26. The molecule has 0 radical (unpaired) electrons. The fourth-order valence-corrected chi connectivity index (χ4v) is 1.79. The van der Waals surface area contributed by atoms with Gasteiger partial charge in [-0.1, -0.05) is 34.1 Å². The molecule has 0 spiro atoms. The monoisotopic (exact) mass is 305 g/mol. The largest absolute Gasteiger partial charge is 0.473 e. The van der Waals surface area contributed by atoms with E-state index in [2.05, 4.69) is 20.9 Å². The lowest BCUT2D eigenvalue weighted by Gasteiger charge is -2.07. The Hall–Kier alpha value is -1.88. The first-order chi connectivity index (χ1) is 8.66. The minimum atomic E-state index is -0.000135. The molecule has 3 N–H and O–H groups in total. The van der Waals surface area contributed by atoms with Gasteiger partial charge in [0.15, 0.2) is 0 Å². The van der Waals surface area contributed by atoms with Gasteiger partial charge in [-0.15, -0.1) is 0 Å². The van der Waals surface area contributed by atoms with Crippen LogP contribution in [0.15, 0.2) is 47.1 Å². The molecule has 1 aromatic heterocycles. The van der Waals surface area contributed by atoms with Crippen molar-refractivity contribution in [1.82, 2.24) is 4.98 Å². The molecular weight excluding hydrogens is 294 g/mol. The van der Waals surface area contributed by atoms with E-state index in [1.165, 1.54) is 6.20 Å². The van der Waals surface area contributed by atoms with Crippen LogP contribution in [0.3, 0.4) is 0 Å². The van der Waals surface area contributed by atoms with E-state index >= 15 is 0 Å². The summed E-state index contributed by atoms with van der Waals surface area (Å²) in [4.78, 5) is 4.09. The fraction of sp³-hybridized carbons (Fsp3) is 0.0769. The lowest BCUT2D eigenvalue weighted by Crippen LogP contribution is -2.11. The SMILES string of the molecule is N=C(N)c1ccc(OCc2ccccc2Br)nc1. The van der Waals surface area contributed by atoms with E-state index < -0.39 is 0 Å². The number of rotatable bonds is 4. The third kappa shape index (κ3) is 3.07. The third-order valence-corrected chi connectivity index (χ3v) is 3.15. The lowest BCUT2D eigenvalue weighted by atomic mass is 10.2. The number of benzene rings is 1. The zero-order valence-electron chi connectivity index (χ0n) is 9.56. The van der Waals surface area contributed by atoms with Gasteiger partial charge in [-0.05, 0) is 12.1 Å². The fourth-order valence-electron chi connectivity index (χ4n) is 1.39. The third-order valence-electron chi connectivity index (χ3n) is 2.38. The zero-order valence-corrected chi connectivity index (χ0v) is 11.1. The first kappa shape index (κ1) is 12.6. The highest BCUT2D eigenvalue weighted by molar-refractivity contribution is 9.10. The smallest absolute Gasteiger partial charge is 0.213 e. The molecule has 0 aliphatic rings. The number of nitrogens with one attached hydrogen (secondary N) is 1. The number of nitrogens with zero attached hydrogens (tertiary/aromatic N) is 1. The highest BCUT2D eigenvalue weighted by Gasteiger charge is 2.02. The van der Waals surface area contributed by atoms with Gasteiger partial charge in [-0.2, -0.15) is 0 Å². The summed E-state index contributed by atoms with van der Waals surface area (Å²) in [5.74, 6) is 0.510. The predicted molar refractivity (Wildman–Crippen MR) is 73.7 cm³/mol. The zero-order chi connectivity index (χ0) is 13.0. The van der Waals surface area contributed by atoms with Crippen LogP contribution >= 0.6 is 15.9 Å². The van der Waals surface area contributed by atoms with Crippen molar-refractivity contribution in [3.63, 3.8) is 0 Å². The van der Waals surface area contributed by atoms with Crippen LogP contribution < -0.4 is 10.5 Å². The van der Waals surface area contributed by atoms with Gasteiger partial charge >= 0.3 is 0 Å². The molecule has 4 nitrogen and oxygen atoms in total. The molecule has 0 atom stereocenters. The topological polar surface area (TPSA) is 72.0 Å². The van der Waals surface area contributed by atoms with E-state index in [-0.39, 0.29) is 5.84 Å². The number of ether oxygens (including phenoxy) is 1. The molecule has 1 aromatic carbocycles. The standard InChI is InChI=1S/C13H12BrN3O/c14-11-4-2-1-3-10(11)8-18-12-6-5-9(7-17-12)13(15)16/h1-7H,8H2,(H3,15,16). The number of nitrogens with two attached hydrogens (primary N) is 1. The minimum absolute atomic E-state index is 0.000135. The molecule has 0 bridgehead atoms. The maximum Gasteiger partial charge on any atom is 0.213 e. The predicted octanol–water partition coefficient (Wildman–Crippen LogP) is 2.71. The Balaban J connectivity index is 2.02. The van der Waals surface area contributed by atoms with Crippen LogP contribution in [0.4, 0.5) is 0 Å². The molecule has 0 saturated heterocycles. The molecule has 1 heterocycles. The Morgan fingerprint density at radius 1 is 1.28 bits per heavy atom. The summed E-state index contributed by atoms with van der Waals surface area (Å²) < 4.78 is 6.56. The van der Waals surface area contributed by atoms with Crippen molar-refractivity contribution in [2.75, 3.05) is 0 Å². The number of nitrogen functional groups attached to an aromatic ring is 1. The second-order valence-electron chi connectivity index (χ2n) is 3.68. The van der Waals surface area contributed by atoms with E-state index in [9.17, 15) is 0 Å². The number of aromatic nitrogens is 1. The normalized spacial score (nSPS) is 10.1. The first-order valence-corrected chi connectivity index (χ1v) is 6.13. The second kappa shape index (κ2) is 5.64. The summed E-state index contributed by atoms with van der Waals surface area (Å²) >= 11 is 3.46. The molecule has 0 fully saturated rings. The number of hydrogen-bond donors (Lipinski definition) is 2. The van der Waals surface area contributed by atoms with Gasteiger partial charge in [-0.3, -0.25) is 5.41 Å². The number of pyridine rings is 1. The molecule has 0 amide bonds. The molecule has 5 heteroatoms. The molecule has 92 valence electrons. The summed E-state index contributed by atoms with van der Waals surface area (Å²) in [6.07, 6.45) is 1.53. The van der Waals surface area contributed by atoms with Gasteiger partial charge in [0, 0.05) is 27.9 Å². The van der Waals surface area contributed by atoms with Gasteiger partial charge < -0.3 is 10.5 Å². The van der Waals surface area contributed by atoms with Crippen LogP contribution in [0.5, 0.6) is 5.88 Å². The van der Waals surface area contributed by atoms with Crippen molar-refractivity contribution >= 4 is 21.8 Å². The Morgan fingerprint density at radius 3 is 2.67 bits per heavy atom. The van der Waals surface area contributed by atoms with Crippen molar-refractivity contribution < 1.29 is 4.74 Å². The Morgan fingerprint density at radius 2 is 2.06 bits per heavy atom. The molecular formula is C13H12BrN3O. The van der Waals surface area contributed by atoms with E-state index in [0.717, 1.165) is 10.0 Å². The van der Waals surface area contributed by atoms with Crippen LogP contribution in [0.25, 0.3) is 0 Å².